The highest BCUT2D eigenvalue weighted by Gasteiger charge is 2.19. The summed E-state index contributed by atoms with van der Waals surface area (Å²) in [6, 6.07) is 1.97. The fourth-order valence-electron chi connectivity index (χ4n) is 3.19. The van der Waals surface area contributed by atoms with E-state index in [1.807, 2.05) is 0 Å². The highest BCUT2D eigenvalue weighted by molar-refractivity contribution is 5.02. The van der Waals surface area contributed by atoms with E-state index >= 15 is 0 Å². The standard InChI is InChI=1S/C16H27N3O2/c1-12(13-8-6-4-5-7-9-13)17-11-14-10-15(20)19(3)16(21)18(14)2/h10,12-13,17H,4-9,11H2,1-3H3/t12-/m1/s1. The van der Waals surface area contributed by atoms with Crippen LogP contribution >= 0.6 is 0 Å². The van der Waals surface area contributed by atoms with Crippen LogP contribution in [-0.2, 0) is 20.6 Å². The fourth-order valence-corrected chi connectivity index (χ4v) is 3.19. The van der Waals surface area contributed by atoms with Gasteiger partial charge < -0.3 is 5.32 Å². The van der Waals surface area contributed by atoms with Crippen LogP contribution < -0.4 is 16.6 Å². The molecule has 0 saturated heterocycles. The third kappa shape index (κ3) is 3.84. The first-order valence-electron chi connectivity index (χ1n) is 8.00. The van der Waals surface area contributed by atoms with Crippen molar-refractivity contribution in [3.63, 3.8) is 0 Å². The van der Waals surface area contributed by atoms with Crippen molar-refractivity contribution in [1.29, 1.82) is 0 Å². The predicted molar refractivity (Wildman–Crippen MR) is 84.4 cm³/mol. The van der Waals surface area contributed by atoms with E-state index in [0.717, 1.165) is 10.3 Å². The van der Waals surface area contributed by atoms with Gasteiger partial charge in [-0.2, -0.15) is 0 Å². The summed E-state index contributed by atoms with van der Waals surface area (Å²) in [5.41, 5.74) is 0.252. The largest absolute Gasteiger partial charge is 0.330 e. The van der Waals surface area contributed by atoms with Crippen molar-refractivity contribution in [2.24, 2.45) is 20.0 Å². The molecule has 0 bridgehead atoms. The molecule has 5 nitrogen and oxygen atoms in total. The van der Waals surface area contributed by atoms with Gasteiger partial charge in [0.25, 0.3) is 5.56 Å². The number of nitrogens with one attached hydrogen (secondary N) is 1. The molecule has 21 heavy (non-hydrogen) atoms. The minimum Gasteiger partial charge on any atom is -0.308 e. The van der Waals surface area contributed by atoms with E-state index in [1.165, 1.54) is 45.6 Å². The Kier molecular flexibility index (Phi) is 5.39. The number of rotatable bonds is 4. The van der Waals surface area contributed by atoms with Crippen LogP contribution in [0.1, 0.15) is 51.1 Å². The lowest BCUT2D eigenvalue weighted by molar-refractivity contribution is 0.333. The summed E-state index contributed by atoms with van der Waals surface area (Å²) in [7, 11) is 3.23. The van der Waals surface area contributed by atoms with Crippen LogP contribution in [0.5, 0.6) is 0 Å². The van der Waals surface area contributed by atoms with Crippen molar-refractivity contribution >= 4 is 0 Å². The lowest BCUT2D eigenvalue weighted by Crippen LogP contribution is -2.40. The molecule has 5 heteroatoms. The summed E-state index contributed by atoms with van der Waals surface area (Å²) in [5, 5.41) is 3.50. The van der Waals surface area contributed by atoms with Crippen molar-refractivity contribution in [2.75, 3.05) is 0 Å². The molecule has 1 fully saturated rings. The van der Waals surface area contributed by atoms with Crippen LogP contribution in [0.3, 0.4) is 0 Å². The van der Waals surface area contributed by atoms with Crippen molar-refractivity contribution in [1.82, 2.24) is 14.5 Å². The molecule has 1 heterocycles. The summed E-state index contributed by atoms with van der Waals surface area (Å²) < 4.78 is 2.69. The van der Waals surface area contributed by atoms with Gasteiger partial charge in [0.1, 0.15) is 0 Å². The van der Waals surface area contributed by atoms with Crippen molar-refractivity contribution in [2.45, 2.75) is 58.0 Å². The normalized spacial score (nSPS) is 18.4. The van der Waals surface area contributed by atoms with Gasteiger partial charge in [-0.1, -0.05) is 25.7 Å². The minimum absolute atomic E-state index is 0.239. The second kappa shape index (κ2) is 7.07. The van der Waals surface area contributed by atoms with Crippen LogP contribution in [0.4, 0.5) is 0 Å². The first-order chi connectivity index (χ1) is 10.0. The molecule has 0 unspecified atom stereocenters. The van der Waals surface area contributed by atoms with E-state index in [2.05, 4.69) is 12.2 Å². The Morgan fingerprint density at radius 1 is 1.14 bits per heavy atom. The van der Waals surface area contributed by atoms with Crippen LogP contribution in [0.15, 0.2) is 15.7 Å². The van der Waals surface area contributed by atoms with Crippen LogP contribution in [0, 0.1) is 5.92 Å². The van der Waals surface area contributed by atoms with Gasteiger partial charge in [-0.15, -0.1) is 0 Å². The molecular weight excluding hydrogens is 266 g/mol. The number of aromatic nitrogens is 2. The Balaban J connectivity index is 2.02. The predicted octanol–water partition coefficient (Wildman–Crippen LogP) is 1.53. The Bertz CT molecular complexity index is 580. The molecule has 2 rings (SSSR count). The molecule has 0 aliphatic heterocycles. The average Bonchev–Trinajstić information content (AvgIpc) is 2.76. The van der Waals surface area contributed by atoms with Gasteiger partial charge in [0, 0.05) is 38.4 Å². The van der Waals surface area contributed by atoms with E-state index in [4.69, 9.17) is 0 Å². The maximum absolute atomic E-state index is 11.9. The monoisotopic (exact) mass is 293 g/mol. The minimum atomic E-state index is -0.263. The summed E-state index contributed by atoms with van der Waals surface area (Å²) in [4.78, 5) is 23.6. The zero-order valence-electron chi connectivity index (χ0n) is 13.4. The molecule has 1 aromatic heterocycles. The third-order valence-corrected chi connectivity index (χ3v) is 4.84. The highest BCUT2D eigenvalue weighted by Crippen LogP contribution is 2.25. The van der Waals surface area contributed by atoms with Crippen LogP contribution in [0.25, 0.3) is 0 Å². The maximum Gasteiger partial charge on any atom is 0.330 e. The second-order valence-electron chi connectivity index (χ2n) is 6.30. The van der Waals surface area contributed by atoms with Gasteiger partial charge >= 0.3 is 5.69 Å². The summed E-state index contributed by atoms with van der Waals surface area (Å²) in [5.74, 6) is 0.705. The molecule has 0 radical (unpaired) electrons. The molecule has 1 saturated carbocycles. The Labute approximate surface area is 126 Å². The van der Waals surface area contributed by atoms with Crippen molar-refractivity contribution < 1.29 is 0 Å². The summed E-state index contributed by atoms with van der Waals surface area (Å²) >= 11 is 0. The highest BCUT2D eigenvalue weighted by atomic mass is 16.2. The van der Waals surface area contributed by atoms with E-state index in [-0.39, 0.29) is 11.2 Å². The Morgan fingerprint density at radius 3 is 2.38 bits per heavy atom. The van der Waals surface area contributed by atoms with Gasteiger partial charge in [-0.05, 0) is 25.7 Å². The average molecular weight is 293 g/mol. The number of hydrogen-bond acceptors (Lipinski definition) is 3. The van der Waals surface area contributed by atoms with Gasteiger partial charge in [0.2, 0.25) is 0 Å². The quantitative estimate of drug-likeness (QED) is 0.857. The van der Waals surface area contributed by atoms with Crippen molar-refractivity contribution in [3.05, 3.63) is 32.6 Å². The zero-order valence-corrected chi connectivity index (χ0v) is 13.4. The summed E-state index contributed by atoms with van der Waals surface area (Å²) in [6.07, 6.45) is 7.91. The Morgan fingerprint density at radius 2 is 1.76 bits per heavy atom. The molecule has 0 spiro atoms. The molecule has 1 aromatic rings. The van der Waals surface area contributed by atoms with Crippen LogP contribution in [-0.4, -0.2) is 15.2 Å². The maximum atomic E-state index is 11.9. The van der Waals surface area contributed by atoms with Crippen LogP contribution in [0.2, 0.25) is 0 Å². The lowest BCUT2D eigenvalue weighted by atomic mass is 9.93. The summed E-state index contributed by atoms with van der Waals surface area (Å²) in [6.45, 7) is 2.79. The second-order valence-corrected chi connectivity index (χ2v) is 6.30. The lowest BCUT2D eigenvalue weighted by Gasteiger charge is -2.24. The van der Waals surface area contributed by atoms with E-state index in [0.29, 0.717) is 18.5 Å². The smallest absolute Gasteiger partial charge is 0.308 e. The molecule has 0 aromatic carbocycles. The molecule has 118 valence electrons. The molecule has 0 amide bonds. The van der Waals surface area contributed by atoms with Gasteiger partial charge in [-0.3, -0.25) is 13.9 Å². The first kappa shape index (κ1) is 16.0. The van der Waals surface area contributed by atoms with E-state index in [9.17, 15) is 9.59 Å². The number of hydrogen-bond donors (Lipinski definition) is 1. The van der Waals surface area contributed by atoms with Gasteiger partial charge in [-0.25, -0.2) is 4.79 Å². The fraction of sp³-hybridized carbons (Fsp3) is 0.750. The molecular formula is C16H27N3O2. The third-order valence-electron chi connectivity index (χ3n) is 4.84. The topological polar surface area (TPSA) is 56.0 Å². The molecule has 1 aliphatic rings. The van der Waals surface area contributed by atoms with Gasteiger partial charge in [0.15, 0.2) is 0 Å². The van der Waals surface area contributed by atoms with E-state index in [1.54, 1.807) is 17.7 Å². The SMILES string of the molecule is C[C@@H](NCc1cc(=O)n(C)c(=O)n1C)C1CCCCCC1. The Hall–Kier alpha value is -1.36. The zero-order chi connectivity index (χ0) is 15.4. The number of nitrogens with zero attached hydrogens (tertiary/aromatic N) is 2. The molecule has 1 aliphatic carbocycles. The van der Waals surface area contributed by atoms with Crippen molar-refractivity contribution in [3.8, 4) is 0 Å². The first-order valence-corrected chi connectivity index (χ1v) is 8.00. The van der Waals surface area contributed by atoms with Gasteiger partial charge in [0.05, 0.1) is 0 Å². The molecule has 1 N–H and O–H groups in total. The molecule has 1 atom stereocenters. The van der Waals surface area contributed by atoms with E-state index < -0.39 is 0 Å².